The van der Waals surface area contributed by atoms with Crippen LogP contribution in [0.2, 0.25) is 5.02 Å². The fourth-order valence-corrected chi connectivity index (χ4v) is 2.98. The molecule has 3 aromatic rings. The second kappa shape index (κ2) is 6.57. The monoisotopic (exact) mass is 342 g/mol. The molecule has 3 rings (SSSR count). The van der Waals surface area contributed by atoms with Gasteiger partial charge in [0.2, 0.25) is 5.91 Å². The third-order valence-corrected chi connectivity index (χ3v) is 4.22. The Kier molecular flexibility index (Phi) is 4.49. The van der Waals surface area contributed by atoms with Gasteiger partial charge >= 0.3 is 0 Å². The largest absolute Gasteiger partial charge is 0.506 e. The fraction of sp³-hybridized carbons (Fsp3) is 0.211. The molecule has 0 aliphatic rings. The molecule has 0 unspecified atom stereocenters. The van der Waals surface area contributed by atoms with Crippen molar-refractivity contribution >= 4 is 34.1 Å². The highest BCUT2D eigenvalue weighted by molar-refractivity contribution is 6.31. The Morgan fingerprint density at radius 3 is 2.71 bits per heavy atom. The molecule has 2 aromatic carbocycles. The van der Waals surface area contributed by atoms with Gasteiger partial charge in [-0.15, -0.1) is 0 Å². The molecule has 1 heterocycles. The van der Waals surface area contributed by atoms with Gasteiger partial charge in [0.05, 0.1) is 5.69 Å². The molecule has 1 aromatic heterocycles. The van der Waals surface area contributed by atoms with Crippen LogP contribution < -0.4 is 5.32 Å². The number of aromatic hydroxyl groups is 1. The lowest BCUT2D eigenvalue weighted by Gasteiger charge is -2.08. The Bertz CT molecular complexity index is 900. The second-order valence-electron chi connectivity index (χ2n) is 6.09. The second-order valence-corrected chi connectivity index (χ2v) is 6.53. The van der Waals surface area contributed by atoms with Crippen molar-refractivity contribution < 1.29 is 9.90 Å². The number of para-hydroxylation sites is 2. The number of amides is 1. The summed E-state index contributed by atoms with van der Waals surface area (Å²) in [7, 11) is 0. The van der Waals surface area contributed by atoms with E-state index in [-0.39, 0.29) is 18.2 Å². The van der Waals surface area contributed by atoms with E-state index in [2.05, 4.69) is 19.2 Å². The normalized spacial score (nSPS) is 11.2. The number of rotatable bonds is 4. The van der Waals surface area contributed by atoms with Crippen LogP contribution in [0.15, 0.2) is 48.7 Å². The average Bonchev–Trinajstić information content (AvgIpc) is 2.87. The van der Waals surface area contributed by atoms with Gasteiger partial charge in [-0.25, -0.2) is 0 Å². The van der Waals surface area contributed by atoms with E-state index >= 15 is 0 Å². The van der Waals surface area contributed by atoms with Crippen LogP contribution in [0, 0.1) is 0 Å². The predicted octanol–water partition coefficient (Wildman–Crippen LogP) is 4.76. The summed E-state index contributed by atoms with van der Waals surface area (Å²) in [5.74, 6) is 0.185. The molecule has 0 atom stereocenters. The minimum absolute atomic E-state index is 0.0536. The molecular formula is C19H19ClN2O2. The number of halogens is 1. The van der Waals surface area contributed by atoms with Crippen molar-refractivity contribution in [1.82, 2.24) is 4.57 Å². The van der Waals surface area contributed by atoms with Crippen LogP contribution in [0.4, 0.5) is 5.69 Å². The average molecular weight is 343 g/mol. The highest BCUT2D eigenvalue weighted by atomic mass is 35.5. The minimum atomic E-state index is -0.196. The molecule has 0 spiro atoms. The van der Waals surface area contributed by atoms with Gasteiger partial charge < -0.3 is 15.0 Å². The van der Waals surface area contributed by atoms with E-state index in [9.17, 15) is 9.90 Å². The molecule has 0 saturated heterocycles. The van der Waals surface area contributed by atoms with E-state index in [1.807, 2.05) is 29.0 Å². The lowest BCUT2D eigenvalue weighted by molar-refractivity contribution is -0.116. The first-order valence-corrected chi connectivity index (χ1v) is 8.19. The summed E-state index contributed by atoms with van der Waals surface area (Å²) in [6.07, 6.45) is 2.00. The Labute approximate surface area is 145 Å². The maximum Gasteiger partial charge on any atom is 0.244 e. The first-order chi connectivity index (χ1) is 11.5. The van der Waals surface area contributed by atoms with Crippen molar-refractivity contribution in [3.05, 3.63) is 59.2 Å². The molecule has 124 valence electrons. The molecule has 0 aliphatic heterocycles. The third-order valence-electron chi connectivity index (χ3n) is 3.99. The van der Waals surface area contributed by atoms with Crippen molar-refractivity contribution in [2.45, 2.75) is 26.3 Å². The van der Waals surface area contributed by atoms with Gasteiger partial charge in [0.15, 0.2) is 0 Å². The summed E-state index contributed by atoms with van der Waals surface area (Å²) in [6, 6.07) is 12.4. The number of aromatic nitrogens is 1. The van der Waals surface area contributed by atoms with Crippen LogP contribution in [0.1, 0.15) is 25.3 Å². The summed E-state index contributed by atoms with van der Waals surface area (Å²) in [4.78, 5) is 12.4. The SMILES string of the molecule is CC(C)c1cn(CC(=O)Nc2ccccc2O)c2ccc(Cl)cc12. The number of fused-ring (bicyclic) bond motifs is 1. The maximum absolute atomic E-state index is 12.4. The van der Waals surface area contributed by atoms with Crippen molar-refractivity contribution in [3.8, 4) is 5.75 Å². The number of nitrogens with one attached hydrogen (secondary N) is 1. The van der Waals surface area contributed by atoms with E-state index in [1.165, 1.54) is 0 Å². The number of hydrogen-bond acceptors (Lipinski definition) is 2. The van der Waals surface area contributed by atoms with Crippen LogP contribution in [0.25, 0.3) is 10.9 Å². The first kappa shape index (κ1) is 16.4. The van der Waals surface area contributed by atoms with Gasteiger partial charge in [0.1, 0.15) is 12.3 Å². The molecule has 0 aliphatic carbocycles. The first-order valence-electron chi connectivity index (χ1n) is 7.82. The molecule has 0 fully saturated rings. The summed E-state index contributed by atoms with van der Waals surface area (Å²) in [5, 5.41) is 14.3. The van der Waals surface area contributed by atoms with Gasteiger partial charge in [-0.2, -0.15) is 0 Å². The van der Waals surface area contributed by atoms with Gasteiger partial charge in [0.25, 0.3) is 0 Å². The van der Waals surface area contributed by atoms with Gasteiger partial charge in [-0.3, -0.25) is 4.79 Å². The number of phenolic OH excluding ortho intramolecular Hbond substituents is 1. The Balaban J connectivity index is 1.90. The molecule has 5 heteroatoms. The molecule has 0 radical (unpaired) electrons. The molecule has 24 heavy (non-hydrogen) atoms. The maximum atomic E-state index is 12.4. The van der Waals surface area contributed by atoms with Crippen molar-refractivity contribution in [1.29, 1.82) is 0 Å². The van der Waals surface area contributed by atoms with Gasteiger partial charge in [0, 0.05) is 22.1 Å². The Morgan fingerprint density at radius 2 is 2.00 bits per heavy atom. The fourth-order valence-electron chi connectivity index (χ4n) is 2.81. The number of carbonyl (C=O) groups is 1. The van der Waals surface area contributed by atoms with E-state index in [0.717, 1.165) is 16.5 Å². The van der Waals surface area contributed by atoms with Crippen molar-refractivity contribution in [2.24, 2.45) is 0 Å². The summed E-state index contributed by atoms with van der Waals surface area (Å²) in [6.45, 7) is 4.39. The van der Waals surface area contributed by atoms with Gasteiger partial charge in [-0.1, -0.05) is 37.6 Å². The predicted molar refractivity (Wildman–Crippen MR) is 97.8 cm³/mol. The van der Waals surface area contributed by atoms with E-state index in [0.29, 0.717) is 16.6 Å². The quantitative estimate of drug-likeness (QED) is 0.671. The number of phenols is 1. The molecule has 1 amide bonds. The van der Waals surface area contributed by atoms with Crippen LogP contribution in [0.3, 0.4) is 0 Å². The van der Waals surface area contributed by atoms with Crippen molar-refractivity contribution in [2.75, 3.05) is 5.32 Å². The zero-order valence-electron chi connectivity index (χ0n) is 13.6. The molecule has 0 saturated carbocycles. The smallest absolute Gasteiger partial charge is 0.244 e. The summed E-state index contributed by atoms with van der Waals surface area (Å²) >= 11 is 6.12. The van der Waals surface area contributed by atoms with E-state index in [4.69, 9.17) is 11.6 Å². The van der Waals surface area contributed by atoms with Crippen molar-refractivity contribution in [3.63, 3.8) is 0 Å². The van der Waals surface area contributed by atoms with Crippen LogP contribution >= 0.6 is 11.6 Å². The highest BCUT2D eigenvalue weighted by Crippen LogP contribution is 2.30. The zero-order chi connectivity index (χ0) is 17.3. The molecule has 4 nitrogen and oxygen atoms in total. The highest BCUT2D eigenvalue weighted by Gasteiger charge is 2.14. The molecule has 2 N–H and O–H groups in total. The van der Waals surface area contributed by atoms with E-state index in [1.54, 1.807) is 24.3 Å². The standard InChI is InChI=1S/C19H19ClN2O2/c1-12(2)15-10-22(17-8-7-13(20)9-14(15)17)11-19(24)21-16-5-3-4-6-18(16)23/h3-10,12,23H,11H2,1-2H3,(H,21,24). The zero-order valence-corrected chi connectivity index (χ0v) is 14.3. The Hall–Kier alpha value is -2.46. The molecule has 0 bridgehead atoms. The number of carbonyl (C=O) groups excluding carboxylic acids is 1. The van der Waals surface area contributed by atoms with Gasteiger partial charge in [-0.05, 0) is 41.8 Å². The van der Waals surface area contributed by atoms with Crippen LogP contribution in [0.5, 0.6) is 5.75 Å². The number of anilines is 1. The topological polar surface area (TPSA) is 54.3 Å². The number of hydrogen-bond donors (Lipinski definition) is 2. The summed E-state index contributed by atoms with van der Waals surface area (Å²) < 4.78 is 1.91. The lowest BCUT2D eigenvalue weighted by atomic mass is 10.0. The van der Waals surface area contributed by atoms with Crippen LogP contribution in [-0.4, -0.2) is 15.6 Å². The summed E-state index contributed by atoms with van der Waals surface area (Å²) in [5.41, 5.74) is 2.53. The van der Waals surface area contributed by atoms with E-state index < -0.39 is 0 Å². The number of benzene rings is 2. The molecular weight excluding hydrogens is 324 g/mol. The number of nitrogens with zero attached hydrogens (tertiary/aromatic N) is 1. The third kappa shape index (κ3) is 3.24. The van der Waals surface area contributed by atoms with Crippen LogP contribution in [-0.2, 0) is 11.3 Å². The minimum Gasteiger partial charge on any atom is -0.506 e. The lowest BCUT2D eigenvalue weighted by Crippen LogP contribution is -2.18. The Morgan fingerprint density at radius 1 is 1.25 bits per heavy atom.